The van der Waals surface area contributed by atoms with Crippen molar-refractivity contribution in [2.24, 2.45) is 5.92 Å². The van der Waals surface area contributed by atoms with Crippen molar-refractivity contribution in [3.05, 3.63) is 48.3 Å². The lowest BCUT2D eigenvalue weighted by Crippen LogP contribution is -2.31. The van der Waals surface area contributed by atoms with Gasteiger partial charge in [-0.2, -0.15) is 0 Å². The summed E-state index contributed by atoms with van der Waals surface area (Å²) in [6, 6.07) is 4.37. The van der Waals surface area contributed by atoms with E-state index in [2.05, 4.69) is 30.7 Å². The lowest BCUT2D eigenvalue weighted by Gasteiger charge is -2.24. The molecule has 5 nitrogen and oxygen atoms in total. The van der Waals surface area contributed by atoms with Crippen LogP contribution in [-0.2, 0) is 0 Å². The number of carbonyl (C=O) groups is 1. The van der Waals surface area contributed by atoms with E-state index in [-0.39, 0.29) is 11.9 Å². The van der Waals surface area contributed by atoms with Crippen LogP contribution in [0.4, 0.5) is 0 Å². The van der Waals surface area contributed by atoms with Crippen LogP contribution in [0.15, 0.2) is 37.1 Å². The molecule has 2 aromatic heterocycles. The number of amides is 1. The van der Waals surface area contributed by atoms with Gasteiger partial charge >= 0.3 is 0 Å². The van der Waals surface area contributed by atoms with Gasteiger partial charge in [-0.25, -0.2) is 4.98 Å². The van der Waals surface area contributed by atoms with E-state index in [4.69, 9.17) is 0 Å². The molecule has 0 N–H and O–H groups in total. The van der Waals surface area contributed by atoms with Crippen LogP contribution < -0.4 is 0 Å². The quantitative estimate of drug-likeness (QED) is 0.875. The van der Waals surface area contributed by atoms with E-state index in [9.17, 15) is 4.79 Å². The van der Waals surface area contributed by atoms with Crippen LogP contribution in [0.1, 0.15) is 55.3 Å². The van der Waals surface area contributed by atoms with Crippen LogP contribution in [-0.4, -0.2) is 31.9 Å². The summed E-state index contributed by atoms with van der Waals surface area (Å²) in [5.74, 6) is 0.499. The number of imidazole rings is 1. The zero-order valence-corrected chi connectivity index (χ0v) is 13.3. The number of carbonyl (C=O) groups excluding carboxylic acids is 1. The van der Waals surface area contributed by atoms with Crippen molar-refractivity contribution in [3.8, 4) is 0 Å². The number of hydrogen-bond donors (Lipinski definition) is 0. The Labute approximate surface area is 131 Å². The predicted molar refractivity (Wildman–Crippen MR) is 84.4 cm³/mol. The van der Waals surface area contributed by atoms with Gasteiger partial charge in [0.25, 0.3) is 5.91 Å². The Hall–Kier alpha value is -2.17. The minimum absolute atomic E-state index is 0.0117. The molecule has 3 heterocycles. The van der Waals surface area contributed by atoms with Crippen LogP contribution in [0, 0.1) is 5.92 Å². The third kappa shape index (κ3) is 2.75. The summed E-state index contributed by atoms with van der Waals surface area (Å²) in [6.07, 6.45) is 8.17. The van der Waals surface area contributed by atoms with Gasteiger partial charge in [0.1, 0.15) is 5.69 Å². The molecule has 1 aliphatic rings. The van der Waals surface area contributed by atoms with Crippen LogP contribution >= 0.6 is 0 Å². The molecule has 1 amide bonds. The van der Waals surface area contributed by atoms with Crippen LogP contribution in [0.25, 0.3) is 0 Å². The molecule has 0 spiro atoms. The third-order valence-electron chi connectivity index (χ3n) is 4.26. The lowest BCUT2D eigenvalue weighted by molar-refractivity contribution is 0.0726. The lowest BCUT2D eigenvalue weighted by atomic mass is 10.0. The molecule has 3 rings (SSSR count). The van der Waals surface area contributed by atoms with Crippen molar-refractivity contribution < 1.29 is 4.79 Å². The first-order valence-corrected chi connectivity index (χ1v) is 7.80. The van der Waals surface area contributed by atoms with Crippen LogP contribution in [0.2, 0.25) is 0 Å². The van der Waals surface area contributed by atoms with Gasteiger partial charge in [-0.15, -0.1) is 0 Å². The Morgan fingerprint density at radius 2 is 2.23 bits per heavy atom. The summed E-state index contributed by atoms with van der Waals surface area (Å²) < 4.78 is 1.96. The summed E-state index contributed by atoms with van der Waals surface area (Å²) in [4.78, 5) is 23.3. The maximum atomic E-state index is 12.8. The van der Waals surface area contributed by atoms with Crippen LogP contribution in [0.3, 0.4) is 0 Å². The summed E-state index contributed by atoms with van der Waals surface area (Å²) in [5.41, 5.74) is 1.63. The molecule has 0 saturated carbocycles. The maximum absolute atomic E-state index is 12.8. The smallest absolute Gasteiger partial charge is 0.274 e. The van der Waals surface area contributed by atoms with E-state index < -0.39 is 0 Å². The Morgan fingerprint density at radius 3 is 2.86 bits per heavy atom. The number of aromatic nitrogens is 3. The first kappa shape index (κ1) is 14.8. The normalized spacial score (nSPS) is 21.5. The standard InChI is InChI=1S/C17H22N4O/c1-12(2)20-10-15(19-11-20)17(22)21-9-13(3)7-16(21)14-5-4-6-18-8-14/h4-6,8,10-13,16H,7,9H2,1-3H3. The number of pyridine rings is 1. The number of nitrogens with zero attached hydrogens (tertiary/aromatic N) is 4. The maximum Gasteiger partial charge on any atom is 0.274 e. The zero-order valence-electron chi connectivity index (χ0n) is 13.3. The van der Waals surface area contributed by atoms with Gasteiger partial charge in [-0.05, 0) is 37.8 Å². The molecule has 1 saturated heterocycles. The number of rotatable bonds is 3. The van der Waals surface area contributed by atoms with Gasteiger partial charge in [-0.1, -0.05) is 13.0 Å². The Morgan fingerprint density at radius 1 is 1.41 bits per heavy atom. The molecule has 116 valence electrons. The summed E-state index contributed by atoms with van der Waals surface area (Å²) in [5, 5.41) is 0. The second kappa shape index (κ2) is 5.91. The minimum Gasteiger partial charge on any atom is -0.334 e. The molecule has 0 bridgehead atoms. The second-order valence-corrected chi connectivity index (χ2v) is 6.40. The second-order valence-electron chi connectivity index (χ2n) is 6.40. The van der Waals surface area contributed by atoms with E-state index in [1.807, 2.05) is 34.0 Å². The number of hydrogen-bond acceptors (Lipinski definition) is 3. The molecule has 1 fully saturated rings. The number of likely N-dealkylation sites (tertiary alicyclic amines) is 1. The topological polar surface area (TPSA) is 51.0 Å². The molecule has 0 aromatic carbocycles. The highest BCUT2D eigenvalue weighted by molar-refractivity contribution is 5.92. The molecule has 0 aliphatic carbocycles. The van der Waals surface area contributed by atoms with E-state index in [1.165, 1.54) is 0 Å². The molecule has 0 radical (unpaired) electrons. The Bertz CT molecular complexity index is 650. The molecule has 2 atom stereocenters. The van der Waals surface area contributed by atoms with Gasteiger partial charge in [0.2, 0.25) is 0 Å². The SMILES string of the molecule is CC1CC(c2cccnc2)N(C(=O)c2cn(C(C)C)cn2)C1. The highest BCUT2D eigenvalue weighted by atomic mass is 16.2. The van der Waals surface area contributed by atoms with Crippen molar-refractivity contribution >= 4 is 5.91 Å². The van der Waals surface area contributed by atoms with Gasteiger partial charge in [0.05, 0.1) is 12.4 Å². The van der Waals surface area contributed by atoms with E-state index >= 15 is 0 Å². The molecular weight excluding hydrogens is 276 g/mol. The molecule has 1 aliphatic heterocycles. The third-order valence-corrected chi connectivity index (χ3v) is 4.26. The van der Waals surface area contributed by atoms with E-state index in [0.717, 1.165) is 18.5 Å². The van der Waals surface area contributed by atoms with Crippen molar-refractivity contribution in [2.75, 3.05) is 6.54 Å². The monoisotopic (exact) mass is 298 g/mol. The highest BCUT2D eigenvalue weighted by Crippen LogP contribution is 2.35. The predicted octanol–water partition coefficient (Wildman–Crippen LogP) is 3.08. The van der Waals surface area contributed by atoms with Gasteiger partial charge in [0.15, 0.2) is 0 Å². The van der Waals surface area contributed by atoms with Crippen molar-refractivity contribution in [3.63, 3.8) is 0 Å². The van der Waals surface area contributed by atoms with Crippen molar-refractivity contribution in [1.29, 1.82) is 0 Å². The van der Waals surface area contributed by atoms with Crippen LogP contribution in [0.5, 0.6) is 0 Å². The zero-order chi connectivity index (χ0) is 15.7. The largest absolute Gasteiger partial charge is 0.334 e. The first-order valence-electron chi connectivity index (χ1n) is 7.80. The fraction of sp³-hybridized carbons (Fsp3) is 0.471. The average Bonchev–Trinajstić information content (AvgIpc) is 3.14. The summed E-state index contributed by atoms with van der Waals surface area (Å²) in [7, 11) is 0. The molecule has 5 heteroatoms. The fourth-order valence-electron chi connectivity index (χ4n) is 3.04. The van der Waals surface area contributed by atoms with Gasteiger partial charge in [-0.3, -0.25) is 9.78 Å². The summed E-state index contributed by atoms with van der Waals surface area (Å²) >= 11 is 0. The van der Waals surface area contributed by atoms with Crippen molar-refractivity contribution in [2.45, 2.75) is 39.3 Å². The van der Waals surface area contributed by atoms with Gasteiger partial charge < -0.3 is 9.47 Å². The average molecular weight is 298 g/mol. The molecule has 2 aromatic rings. The molecular formula is C17H22N4O. The molecule has 2 unspecified atom stereocenters. The minimum atomic E-state index is 0.0117. The fourth-order valence-corrected chi connectivity index (χ4v) is 3.04. The van der Waals surface area contributed by atoms with Crippen molar-refractivity contribution in [1.82, 2.24) is 19.4 Å². The Balaban J connectivity index is 1.86. The first-order chi connectivity index (χ1) is 10.6. The highest BCUT2D eigenvalue weighted by Gasteiger charge is 2.35. The van der Waals surface area contributed by atoms with E-state index in [1.54, 1.807) is 12.5 Å². The van der Waals surface area contributed by atoms with Gasteiger partial charge in [0, 0.05) is 31.2 Å². The molecule has 22 heavy (non-hydrogen) atoms. The van der Waals surface area contributed by atoms with E-state index in [0.29, 0.717) is 17.7 Å². The summed E-state index contributed by atoms with van der Waals surface area (Å²) in [6.45, 7) is 7.11. The Kier molecular flexibility index (Phi) is 3.96.